The van der Waals surface area contributed by atoms with Gasteiger partial charge in [0.25, 0.3) is 0 Å². The van der Waals surface area contributed by atoms with Gasteiger partial charge in [0.05, 0.1) is 15.8 Å². The fraction of sp³-hybridized carbons (Fsp3) is 0.190. The summed E-state index contributed by atoms with van der Waals surface area (Å²) in [6.07, 6.45) is 1.06. The predicted molar refractivity (Wildman–Crippen MR) is 102 cm³/mol. The quantitative estimate of drug-likeness (QED) is 0.432. The Labute approximate surface area is 145 Å². The van der Waals surface area contributed by atoms with Crippen LogP contribution < -0.4 is 0 Å². The van der Waals surface area contributed by atoms with Crippen LogP contribution in [0.4, 0.5) is 0 Å². The number of carbonyl (C=O) groups is 1. The lowest BCUT2D eigenvalue weighted by Crippen LogP contribution is -2.06. The van der Waals surface area contributed by atoms with Crippen LogP contribution in [0, 0.1) is 6.92 Å². The van der Waals surface area contributed by atoms with Crippen molar-refractivity contribution in [1.29, 1.82) is 0 Å². The summed E-state index contributed by atoms with van der Waals surface area (Å²) in [6, 6.07) is 16.2. The van der Waals surface area contributed by atoms with Gasteiger partial charge in [0.15, 0.2) is 5.78 Å². The lowest BCUT2D eigenvalue weighted by molar-refractivity contribution is 0.104. The van der Waals surface area contributed by atoms with E-state index in [1.165, 1.54) is 5.52 Å². The molecular weight excluding hydrogens is 314 g/mol. The van der Waals surface area contributed by atoms with E-state index in [1.807, 2.05) is 30.3 Å². The first-order valence-electron chi connectivity index (χ1n) is 8.31. The van der Waals surface area contributed by atoms with Crippen molar-refractivity contribution in [2.45, 2.75) is 26.8 Å². The minimum atomic E-state index is 0.131. The highest BCUT2D eigenvalue weighted by Gasteiger charge is 2.22. The van der Waals surface area contributed by atoms with E-state index in [4.69, 9.17) is 0 Å². The largest absolute Gasteiger partial charge is 0.343 e. The molecule has 2 nitrogen and oxygen atoms in total. The van der Waals surface area contributed by atoms with Gasteiger partial charge in [0, 0.05) is 17.8 Å². The monoisotopic (exact) mass is 333 g/mol. The maximum Gasteiger partial charge on any atom is 0.196 e. The molecular formula is C21H19NOS. The molecule has 0 unspecified atom stereocenters. The first-order chi connectivity index (χ1) is 11.7. The van der Waals surface area contributed by atoms with E-state index in [1.54, 1.807) is 11.3 Å². The van der Waals surface area contributed by atoms with Crippen LogP contribution >= 0.6 is 11.3 Å². The second kappa shape index (κ2) is 5.91. The van der Waals surface area contributed by atoms with Gasteiger partial charge in [-0.05, 0) is 35.6 Å². The standard InChI is InChI=1S/C21H19NOS/c1-3-12-22-14(2)19(21-18(22)11-13-24-21)20(23)17-10-6-8-15-7-4-5-9-16(15)17/h4-11,13H,3,12H2,1-2H3. The zero-order chi connectivity index (χ0) is 16.7. The Morgan fingerprint density at radius 3 is 2.71 bits per heavy atom. The van der Waals surface area contributed by atoms with Gasteiger partial charge in [-0.1, -0.05) is 49.4 Å². The molecule has 3 heteroatoms. The van der Waals surface area contributed by atoms with Crippen molar-refractivity contribution >= 4 is 38.1 Å². The predicted octanol–water partition coefficient (Wildman–Crippen LogP) is 5.81. The third-order valence-electron chi connectivity index (χ3n) is 4.64. The maximum absolute atomic E-state index is 13.4. The van der Waals surface area contributed by atoms with Crippen molar-refractivity contribution in [2.75, 3.05) is 0 Å². The van der Waals surface area contributed by atoms with Crippen LogP contribution in [0.2, 0.25) is 0 Å². The Bertz CT molecular complexity index is 1050. The van der Waals surface area contributed by atoms with Gasteiger partial charge in [-0.2, -0.15) is 0 Å². The first kappa shape index (κ1) is 15.2. The molecule has 0 atom stereocenters. The minimum absolute atomic E-state index is 0.131. The number of rotatable bonds is 4. The van der Waals surface area contributed by atoms with Crippen LogP contribution in [0.3, 0.4) is 0 Å². The van der Waals surface area contributed by atoms with Gasteiger partial charge in [-0.25, -0.2) is 0 Å². The molecule has 4 aromatic rings. The lowest BCUT2D eigenvalue weighted by atomic mass is 9.97. The average Bonchev–Trinajstić information content (AvgIpc) is 3.16. The summed E-state index contributed by atoms with van der Waals surface area (Å²) in [4.78, 5) is 13.4. The Hall–Kier alpha value is -2.39. The van der Waals surface area contributed by atoms with Crippen LogP contribution in [-0.2, 0) is 6.54 Å². The number of aryl methyl sites for hydroxylation is 1. The smallest absolute Gasteiger partial charge is 0.196 e. The third-order valence-corrected chi connectivity index (χ3v) is 5.56. The molecule has 2 aromatic carbocycles. The van der Waals surface area contributed by atoms with Gasteiger partial charge < -0.3 is 4.57 Å². The van der Waals surface area contributed by atoms with Gasteiger partial charge in [0.1, 0.15) is 0 Å². The molecule has 0 spiro atoms. The Kier molecular flexibility index (Phi) is 3.73. The summed E-state index contributed by atoms with van der Waals surface area (Å²) in [5, 5.41) is 4.21. The number of fused-ring (bicyclic) bond motifs is 2. The highest BCUT2D eigenvalue weighted by Crippen LogP contribution is 2.33. The topological polar surface area (TPSA) is 22.0 Å². The van der Waals surface area contributed by atoms with Gasteiger partial charge in [0.2, 0.25) is 0 Å². The van der Waals surface area contributed by atoms with E-state index < -0.39 is 0 Å². The zero-order valence-electron chi connectivity index (χ0n) is 13.9. The number of hydrogen-bond acceptors (Lipinski definition) is 2. The van der Waals surface area contributed by atoms with E-state index in [-0.39, 0.29) is 5.78 Å². The summed E-state index contributed by atoms with van der Waals surface area (Å²) in [7, 11) is 0. The first-order valence-corrected chi connectivity index (χ1v) is 9.19. The molecule has 0 aliphatic carbocycles. The Morgan fingerprint density at radius 2 is 1.88 bits per heavy atom. The number of ketones is 1. The van der Waals surface area contributed by atoms with Crippen molar-refractivity contribution in [2.24, 2.45) is 0 Å². The second-order valence-corrected chi connectivity index (χ2v) is 7.02. The van der Waals surface area contributed by atoms with Crippen molar-refractivity contribution in [3.05, 3.63) is 70.7 Å². The van der Waals surface area contributed by atoms with E-state index in [2.05, 4.69) is 42.0 Å². The van der Waals surface area contributed by atoms with E-state index >= 15 is 0 Å². The summed E-state index contributed by atoms with van der Waals surface area (Å²) in [6.45, 7) is 5.19. The number of benzene rings is 2. The molecule has 0 saturated heterocycles. The van der Waals surface area contributed by atoms with Gasteiger partial charge >= 0.3 is 0 Å². The normalized spacial score (nSPS) is 11.4. The molecule has 0 fully saturated rings. The number of carbonyl (C=O) groups excluding carboxylic acids is 1. The molecule has 0 aliphatic heterocycles. The average molecular weight is 333 g/mol. The fourth-order valence-corrected chi connectivity index (χ4v) is 4.51. The summed E-state index contributed by atoms with van der Waals surface area (Å²) in [5.41, 5.74) is 3.92. The number of nitrogens with zero attached hydrogens (tertiary/aromatic N) is 1. The molecule has 0 N–H and O–H groups in total. The highest BCUT2D eigenvalue weighted by molar-refractivity contribution is 7.17. The molecule has 120 valence electrons. The second-order valence-electron chi connectivity index (χ2n) is 6.10. The SMILES string of the molecule is CCCn1c(C)c(C(=O)c2cccc3ccccc23)c2sccc21. The summed E-state index contributed by atoms with van der Waals surface area (Å²) in [5.74, 6) is 0.131. The number of hydrogen-bond donors (Lipinski definition) is 0. The van der Waals surface area contributed by atoms with Crippen LogP contribution in [0.25, 0.3) is 21.0 Å². The van der Waals surface area contributed by atoms with E-state index in [0.717, 1.165) is 45.3 Å². The molecule has 2 aromatic heterocycles. The van der Waals surface area contributed by atoms with E-state index in [0.29, 0.717) is 0 Å². The summed E-state index contributed by atoms with van der Waals surface area (Å²) >= 11 is 1.66. The Morgan fingerprint density at radius 1 is 1.08 bits per heavy atom. The van der Waals surface area contributed by atoms with Crippen LogP contribution in [0.5, 0.6) is 0 Å². The molecule has 2 heterocycles. The Balaban J connectivity index is 1.96. The van der Waals surface area contributed by atoms with Crippen molar-refractivity contribution in [3.8, 4) is 0 Å². The van der Waals surface area contributed by atoms with Crippen molar-refractivity contribution in [1.82, 2.24) is 4.57 Å². The number of thiophene rings is 1. The molecule has 4 rings (SSSR count). The van der Waals surface area contributed by atoms with Gasteiger partial charge in [-0.15, -0.1) is 11.3 Å². The van der Waals surface area contributed by atoms with Crippen molar-refractivity contribution < 1.29 is 4.79 Å². The third kappa shape index (κ3) is 2.20. The lowest BCUT2D eigenvalue weighted by Gasteiger charge is -2.08. The van der Waals surface area contributed by atoms with Gasteiger partial charge in [-0.3, -0.25) is 4.79 Å². The fourth-order valence-electron chi connectivity index (χ4n) is 3.52. The van der Waals surface area contributed by atoms with E-state index in [9.17, 15) is 4.79 Å². The molecule has 0 bridgehead atoms. The molecule has 24 heavy (non-hydrogen) atoms. The van der Waals surface area contributed by atoms with Crippen LogP contribution in [-0.4, -0.2) is 10.4 Å². The molecule has 0 amide bonds. The summed E-state index contributed by atoms with van der Waals surface area (Å²) < 4.78 is 3.39. The molecule has 0 saturated carbocycles. The minimum Gasteiger partial charge on any atom is -0.343 e. The van der Waals surface area contributed by atoms with Crippen molar-refractivity contribution in [3.63, 3.8) is 0 Å². The highest BCUT2D eigenvalue weighted by atomic mass is 32.1. The number of aromatic nitrogens is 1. The zero-order valence-corrected chi connectivity index (χ0v) is 14.7. The molecule has 0 radical (unpaired) electrons. The van der Waals surface area contributed by atoms with Crippen LogP contribution in [0.15, 0.2) is 53.9 Å². The van der Waals surface area contributed by atoms with Crippen LogP contribution in [0.1, 0.15) is 35.0 Å². The maximum atomic E-state index is 13.4. The molecule has 0 aliphatic rings.